The van der Waals surface area contributed by atoms with Gasteiger partial charge in [0.1, 0.15) is 0 Å². The first-order valence-corrected chi connectivity index (χ1v) is 8.63. The third-order valence-electron chi connectivity index (χ3n) is 3.96. The van der Waals surface area contributed by atoms with Gasteiger partial charge in [0.15, 0.2) is 11.6 Å². The summed E-state index contributed by atoms with van der Waals surface area (Å²) in [6.45, 7) is 3.93. The number of aromatic nitrogens is 2. The summed E-state index contributed by atoms with van der Waals surface area (Å²) in [6, 6.07) is 16.7. The number of nitrogens with zero attached hydrogens (tertiary/aromatic N) is 3. The van der Waals surface area contributed by atoms with E-state index in [1.54, 1.807) is 24.1 Å². The minimum absolute atomic E-state index is 0.0696. The number of para-hydroxylation sites is 1. The first kappa shape index (κ1) is 19.0. The molecule has 0 bridgehead atoms. The Bertz CT molecular complexity index is 960. The van der Waals surface area contributed by atoms with Crippen molar-refractivity contribution in [1.82, 2.24) is 14.9 Å². The molecule has 142 valence electrons. The van der Waals surface area contributed by atoms with Crippen LogP contribution in [0.5, 0.6) is 0 Å². The highest BCUT2D eigenvalue weighted by atomic mass is 19.1. The van der Waals surface area contributed by atoms with Crippen LogP contribution in [-0.4, -0.2) is 27.8 Å². The number of carbonyl (C=O) groups is 1. The van der Waals surface area contributed by atoms with E-state index in [4.69, 9.17) is 0 Å². The highest BCUT2D eigenvalue weighted by Crippen LogP contribution is 2.21. The summed E-state index contributed by atoms with van der Waals surface area (Å²) < 4.78 is 14.1. The average molecular weight is 377 g/mol. The number of carbonyl (C=O) groups excluding carboxylic acids is 1. The first-order chi connectivity index (χ1) is 13.5. The van der Waals surface area contributed by atoms with E-state index in [0.717, 1.165) is 17.4 Å². The van der Waals surface area contributed by atoms with Gasteiger partial charge in [-0.3, -0.25) is 4.79 Å². The lowest BCUT2D eigenvalue weighted by atomic mass is 10.2. The van der Waals surface area contributed by atoms with E-state index in [9.17, 15) is 9.18 Å². The molecule has 1 heterocycles. The van der Waals surface area contributed by atoms with Crippen molar-refractivity contribution in [2.75, 3.05) is 17.7 Å². The number of halogens is 1. The van der Waals surface area contributed by atoms with Crippen molar-refractivity contribution in [3.05, 3.63) is 84.8 Å². The number of anilines is 4. The lowest BCUT2D eigenvalue weighted by Crippen LogP contribution is -2.23. The normalized spacial score (nSPS) is 10.2. The Kier molecular flexibility index (Phi) is 5.96. The number of amides is 1. The Morgan fingerprint density at radius 1 is 1.11 bits per heavy atom. The van der Waals surface area contributed by atoms with Crippen LogP contribution in [0.2, 0.25) is 0 Å². The van der Waals surface area contributed by atoms with Crippen LogP contribution in [0.3, 0.4) is 0 Å². The number of likely N-dealkylation sites (N-methyl/N-ethyl adjacent to an activating group) is 1. The van der Waals surface area contributed by atoms with E-state index in [1.807, 2.05) is 42.5 Å². The van der Waals surface area contributed by atoms with Crippen LogP contribution in [0.1, 0.15) is 5.56 Å². The van der Waals surface area contributed by atoms with Gasteiger partial charge < -0.3 is 15.5 Å². The average Bonchev–Trinajstić information content (AvgIpc) is 2.72. The van der Waals surface area contributed by atoms with Gasteiger partial charge in [0.2, 0.25) is 11.9 Å². The summed E-state index contributed by atoms with van der Waals surface area (Å²) in [5.74, 6) is -0.348. The van der Waals surface area contributed by atoms with E-state index >= 15 is 0 Å². The fourth-order valence-corrected chi connectivity index (χ4v) is 2.50. The predicted molar refractivity (Wildman–Crippen MR) is 108 cm³/mol. The summed E-state index contributed by atoms with van der Waals surface area (Å²) in [4.78, 5) is 21.3. The molecule has 0 saturated heterocycles. The minimum atomic E-state index is -0.556. The number of benzene rings is 2. The van der Waals surface area contributed by atoms with Crippen LogP contribution in [0.4, 0.5) is 27.5 Å². The predicted octanol–water partition coefficient (Wildman–Crippen LogP) is 4.25. The Morgan fingerprint density at radius 2 is 1.79 bits per heavy atom. The lowest BCUT2D eigenvalue weighted by molar-refractivity contribution is -0.125. The summed E-state index contributed by atoms with van der Waals surface area (Å²) in [5.41, 5.74) is 2.42. The minimum Gasteiger partial charge on any atom is -0.338 e. The van der Waals surface area contributed by atoms with Gasteiger partial charge in [-0.1, -0.05) is 36.9 Å². The molecule has 2 N–H and O–H groups in total. The number of nitrogens with one attached hydrogen (secondary N) is 2. The molecule has 6 nitrogen and oxygen atoms in total. The standard InChI is InChI=1S/C21H20FN5O/c1-3-19(28)27(2)14-15-9-11-17(12-10-15)24-20-18(22)13-23-21(26-20)25-16-7-5-4-6-8-16/h3-13H,1,14H2,2H3,(H2,23,24,25,26). The molecule has 1 amide bonds. The van der Waals surface area contributed by atoms with Crippen LogP contribution in [0.15, 0.2) is 73.4 Å². The zero-order chi connectivity index (χ0) is 19.9. The Morgan fingerprint density at radius 3 is 2.46 bits per heavy atom. The first-order valence-electron chi connectivity index (χ1n) is 8.63. The molecule has 0 unspecified atom stereocenters. The van der Waals surface area contributed by atoms with Crippen molar-refractivity contribution in [1.29, 1.82) is 0 Å². The van der Waals surface area contributed by atoms with Crippen LogP contribution < -0.4 is 10.6 Å². The van der Waals surface area contributed by atoms with Gasteiger partial charge in [-0.2, -0.15) is 4.98 Å². The highest BCUT2D eigenvalue weighted by molar-refractivity contribution is 5.86. The van der Waals surface area contributed by atoms with Crippen molar-refractivity contribution in [3.8, 4) is 0 Å². The number of hydrogen-bond acceptors (Lipinski definition) is 5. The molecular weight excluding hydrogens is 357 g/mol. The second-order valence-electron chi connectivity index (χ2n) is 6.10. The highest BCUT2D eigenvalue weighted by Gasteiger charge is 2.09. The van der Waals surface area contributed by atoms with Crippen molar-refractivity contribution < 1.29 is 9.18 Å². The zero-order valence-electron chi connectivity index (χ0n) is 15.4. The maximum absolute atomic E-state index is 14.1. The van der Waals surface area contributed by atoms with Crippen LogP contribution in [0.25, 0.3) is 0 Å². The fourth-order valence-electron chi connectivity index (χ4n) is 2.50. The van der Waals surface area contributed by atoms with Gasteiger partial charge in [-0.25, -0.2) is 9.37 Å². The Labute approximate surface area is 162 Å². The molecule has 2 aromatic carbocycles. The van der Waals surface area contributed by atoms with Crippen molar-refractivity contribution in [2.24, 2.45) is 0 Å². The van der Waals surface area contributed by atoms with Crippen molar-refractivity contribution >= 4 is 29.0 Å². The molecule has 0 fully saturated rings. The largest absolute Gasteiger partial charge is 0.338 e. The van der Waals surface area contributed by atoms with E-state index in [0.29, 0.717) is 12.2 Å². The molecule has 0 spiro atoms. The quantitative estimate of drug-likeness (QED) is 0.603. The second kappa shape index (κ2) is 8.77. The molecule has 0 aliphatic heterocycles. The van der Waals surface area contributed by atoms with Crippen molar-refractivity contribution in [3.63, 3.8) is 0 Å². The van der Waals surface area contributed by atoms with Crippen LogP contribution >= 0.6 is 0 Å². The second-order valence-corrected chi connectivity index (χ2v) is 6.10. The SMILES string of the molecule is C=CC(=O)N(C)Cc1ccc(Nc2nc(Nc3ccccc3)ncc2F)cc1. The van der Waals surface area contributed by atoms with Crippen LogP contribution in [0, 0.1) is 5.82 Å². The Hall–Kier alpha value is -3.74. The van der Waals surface area contributed by atoms with E-state index in [-0.39, 0.29) is 17.7 Å². The topological polar surface area (TPSA) is 70.2 Å². The third-order valence-corrected chi connectivity index (χ3v) is 3.96. The molecule has 0 radical (unpaired) electrons. The van der Waals surface area contributed by atoms with E-state index in [2.05, 4.69) is 27.2 Å². The summed E-state index contributed by atoms with van der Waals surface area (Å²) >= 11 is 0. The van der Waals surface area contributed by atoms with Gasteiger partial charge in [0.25, 0.3) is 0 Å². The van der Waals surface area contributed by atoms with E-state index < -0.39 is 5.82 Å². The monoisotopic (exact) mass is 377 g/mol. The summed E-state index contributed by atoms with van der Waals surface area (Å²) in [7, 11) is 1.70. The molecule has 0 atom stereocenters. The van der Waals surface area contributed by atoms with Gasteiger partial charge in [-0.15, -0.1) is 0 Å². The number of rotatable bonds is 7. The summed E-state index contributed by atoms with van der Waals surface area (Å²) in [5, 5.41) is 5.98. The molecule has 1 aromatic heterocycles. The van der Waals surface area contributed by atoms with E-state index in [1.165, 1.54) is 6.08 Å². The summed E-state index contributed by atoms with van der Waals surface area (Å²) in [6.07, 6.45) is 2.39. The van der Waals surface area contributed by atoms with Gasteiger partial charge in [0, 0.05) is 25.0 Å². The smallest absolute Gasteiger partial charge is 0.245 e. The van der Waals surface area contributed by atoms with Gasteiger partial charge in [-0.05, 0) is 35.9 Å². The molecule has 0 aliphatic rings. The van der Waals surface area contributed by atoms with Crippen molar-refractivity contribution in [2.45, 2.75) is 6.54 Å². The molecule has 0 saturated carbocycles. The molecular formula is C21H20FN5O. The Balaban J connectivity index is 1.70. The van der Waals surface area contributed by atoms with Gasteiger partial charge >= 0.3 is 0 Å². The molecule has 7 heteroatoms. The molecule has 28 heavy (non-hydrogen) atoms. The third kappa shape index (κ3) is 4.91. The maximum atomic E-state index is 14.1. The molecule has 3 rings (SSSR count). The zero-order valence-corrected chi connectivity index (χ0v) is 15.4. The molecule has 3 aromatic rings. The van der Waals surface area contributed by atoms with Crippen LogP contribution in [-0.2, 0) is 11.3 Å². The molecule has 0 aliphatic carbocycles. The number of hydrogen-bond donors (Lipinski definition) is 2. The fraction of sp³-hybridized carbons (Fsp3) is 0.0952. The lowest BCUT2D eigenvalue weighted by Gasteiger charge is -2.15. The maximum Gasteiger partial charge on any atom is 0.245 e. The van der Waals surface area contributed by atoms with Gasteiger partial charge in [0.05, 0.1) is 6.20 Å².